The molecule has 0 unspecified atom stereocenters. The highest BCUT2D eigenvalue weighted by Gasteiger charge is 2.21. The fraction of sp³-hybridized carbons (Fsp3) is 0.211. The smallest absolute Gasteiger partial charge is 0.245 e. The minimum Gasteiger partial charge on any atom is -0.497 e. The number of methoxy groups -OCH3 is 1. The van der Waals surface area contributed by atoms with E-state index in [1.54, 1.807) is 54.6 Å². The predicted octanol–water partition coefficient (Wildman–Crippen LogP) is 2.66. The standard InChI is InChI=1S/C19H22N2O5S/c1-4-11-26-18-10-5-7-15(12-18)20-19(22)14-21(27(3,23)24)16-8-6-9-17(13-16)25-2/h4-10,12-13H,1,11,14H2,2-3H3,(H,20,22). The molecule has 0 saturated carbocycles. The molecule has 0 bridgehead atoms. The topological polar surface area (TPSA) is 84.9 Å². The Morgan fingerprint density at radius 3 is 2.56 bits per heavy atom. The van der Waals surface area contributed by atoms with Crippen LogP contribution in [0.3, 0.4) is 0 Å². The molecule has 144 valence electrons. The quantitative estimate of drug-likeness (QED) is 0.666. The minimum atomic E-state index is -3.67. The molecule has 27 heavy (non-hydrogen) atoms. The summed E-state index contributed by atoms with van der Waals surface area (Å²) >= 11 is 0. The molecule has 0 saturated heterocycles. The molecular formula is C19H22N2O5S. The van der Waals surface area contributed by atoms with Gasteiger partial charge in [-0.2, -0.15) is 0 Å². The van der Waals surface area contributed by atoms with Gasteiger partial charge < -0.3 is 14.8 Å². The van der Waals surface area contributed by atoms with Gasteiger partial charge in [-0.3, -0.25) is 9.10 Å². The Balaban J connectivity index is 2.16. The number of ether oxygens (including phenoxy) is 2. The van der Waals surface area contributed by atoms with Crippen LogP contribution in [0.2, 0.25) is 0 Å². The van der Waals surface area contributed by atoms with Crippen molar-refractivity contribution in [1.82, 2.24) is 0 Å². The van der Waals surface area contributed by atoms with Gasteiger partial charge in [-0.25, -0.2) is 8.42 Å². The van der Waals surface area contributed by atoms with E-state index in [-0.39, 0.29) is 6.54 Å². The Bertz CT molecular complexity index is 912. The number of hydrogen-bond acceptors (Lipinski definition) is 5. The van der Waals surface area contributed by atoms with Gasteiger partial charge in [0.2, 0.25) is 15.9 Å². The lowest BCUT2D eigenvalue weighted by molar-refractivity contribution is -0.114. The molecule has 0 aliphatic carbocycles. The molecule has 0 fully saturated rings. The van der Waals surface area contributed by atoms with Crippen LogP contribution >= 0.6 is 0 Å². The number of carbonyl (C=O) groups is 1. The normalized spacial score (nSPS) is 10.7. The van der Waals surface area contributed by atoms with E-state index in [0.29, 0.717) is 29.5 Å². The van der Waals surface area contributed by atoms with Crippen LogP contribution in [0.5, 0.6) is 11.5 Å². The second-order valence-corrected chi connectivity index (χ2v) is 7.55. The van der Waals surface area contributed by atoms with E-state index in [2.05, 4.69) is 11.9 Å². The van der Waals surface area contributed by atoms with E-state index in [1.165, 1.54) is 7.11 Å². The second kappa shape index (κ2) is 9.09. The van der Waals surface area contributed by atoms with Crippen LogP contribution in [0, 0.1) is 0 Å². The summed E-state index contributed by atoms with van der Waals surface area (Å²) in [5.74, 6) is 0.582. The Morgan fingerprint density at radius 1 is 1.19 bits per heavy atom. The molecule has 1 amide bonds. The maximum Gasteiger partial charge on any atom is 0.245 e. The number of carbonyl (C=O) groups excluding carboxylic acids is 1. The molecule has 2 aromatic carbocycles. The summed E-state index contributed by atoms with van der Waals surface area (Å²) in [7, 11) is -2.19. The summed E-state index contributed by atoms with van der Waals surface area (Å²) in [4.78, 5) is 12.4. The average Bonchev–Trinajstić information content (AvgIpc) is 2.64. The summed E-state index contributed by atoms with van der Waals surface area (Å²) in [5, 5.41) is 2.68. The largest absolute Gasteiger partial charge is 0.497 e. The van der Waals surface area contributed by atoms with Gasteiger partial charge in [0.25, 0.3) is 0 Å². The van der Waals surface area contributed by atoms with Crippen molar-refractivity contribution < 1.29 is 22.7 Å². The number of nitrogens with one attached hydrogen (secondary N) is 1. The number of rotatable bonds is 9. The molecule has 2 aromatic rings. The van der Waals surface area contributed by atoms with E-state index in [0.717, 1.165) is 10.6 Å². The molecular weight excluding hydrogens is 368 g/mol. The summed E-state index contributed by atoms with van der Waals surface area (Å²) in [6.07, 6.45) is 2.66. The highest BCUT2D eigenvalue weighted by molar-refractivity contribution is 7.92. The molecule has 0 aliphatic rings. The molecule has 0 aromatic heterocycles. The highest BCUT2D eigenvalue weighted by atomic mass is 32.2. The number of sulfonamides is 1. The van der Waals surface area contributed by atoms with Crippen molar-refractivity contribution in [3.63, 3.8) is 0 Å². The van der Waals surface area contributed by atoms with Crippen LogP contribution in [-0.2, 0) is 14.8 Å². The first-order chi connectivity index (χ1) is 12.8. The molecule has 1 N–H and O–H groups in total. The van der Waals surface area contributed by atoms with Crippen molar-refractivity contribution in [1.29, 1.82) is 0 Å². The van der Waals surface area contributed by atoms with Crippen LogP contribution in [0.4, 0.5) is 11.4 Å². The van der Waals surface area contributed by atoms with E-state index in [4.69, 9.17) is 9.47 Å². The van der Waals surface area contributed by atoms with E-state index in [9.17, 15) is 13.2 Å². The summed E-state index contributed by atoms with van der Waals surface area (Å²) < 4.78 is 35.9. The van der Waals surface area contributed by atoms with Gasteiger partial charge >= 0.3 is 0 Å². The van der Waals surface area contributed by atoms with Crippen LogP contribution in [0.15, 0.2) is 61.2 Å². The van der Waals surface area contributed by atoms with Gasteiger partial charge in [-0.05, 0) is 24.3 Å². The second-order valence-electron chi connectivity index (χ2n) is 5.65. The first-order valence-electron chi connectivity index (χ1n) is 8.09. The highest BCUT2D eigenvalue weighted by Crippen LogP contribution is 2.23. The number of benzene rings is 2. The fourth-order valence-electron chi connectivity index (χ4n) is 2.32. The number of hydrogen-bond donors (Lipinski definition) is 1. The van der Waals surface area contributed by atoms with Gasteiger partial charge in [0, 0.05) is 17.8 Å². The van der Waals surface area contributed by atoms with Crippen molar-refractivity contribution in [3.8, 4) is 11.5 Å². The first-order valence-corrected chi connectivity index (χ1v) is 9.93. The molecule has 2 rings (SSSR count). The van der Waals surface area contributed by atoms with E-state index in [1.807, 2.05) is 0 Å². The summed E-state index contributed by atoms with van der Waals surface area (Å²) in [5.41, 5.74) is 0.843. The minimum absolute atomic E-state index is 0.342. The first kappa shape index (κ1) is 20.3. The van der Waals surface area contributed by atoms with Crippen LogP contribution < -0.4 is 19.1 Å². The molecule has 8 heteroatoms. The zero-order chi connectivity index (χ0) is 19.9. The molecule has 0 atom stereocenters. The lowest BCUT2D eigenvalue weighted by atomic mass is 10.3. The number of amides is 1. The van der Waals surface area contributed by atoms with Gasteiger partial charge in [-0.1, -0.05) is 24.8 Å². The van der Waals surface area contributed by atoms with Crippen LogP contribution in [0.25, 0.3) is 0 Å². The SMILES string of the molecule is C=CCOc1cccc(NC(=O)CN(c2cccc(OC)c2)S(C)(=O)=O)c1. The summed E-state index contributed by atoms with van der Waals surface area (Å²) in [6, 6.07) is 13.3. The number of nitrogens with zero attached hydrogens (tertiary/aromatic N) is 1. The third-order valence-electron chi connectivity index (χ3n) is 3.51. The maximum atomic E-state index is 12.4. The van der Waals surface area contributed by atoms with Gasteiger partial charge in [0.05, 0.1) is 19.1 Å². The van der Waals surface area contributed by atoms with Crippen molar-refractivity contribution in [2.24, 2.45) is 0 Å². The summed E-state index contributed by atoms with van der Waals surface area (Å²) in [6.45, 7) is 3.55. The van der Waals surface area contributed by atoms with Gasteiger partial charge in [-0.15, -0.1) is 0 Å². The van der Waals surface area contributed by atoms with Crippen LogP contribution in [0.1, 0.15) is 0 Å². The van der Waals surface area contributed by atoms with Gasteiger partial charge in [0.1, 0.15) is 24.7 Å². The van der Waals surface area contributed by atoms with Crippen molar-refractivity contribution in [3.05, 3.63) is 61.2 Å². The van der Waals surface area contributed by atoms with Gasteiger partial charge in [0.15, 0.2) is 0 Å². The molecule has 0 aliphatic heterocycles. The zero-order valence-corrected chi connectivity index (χ0v) is 16.0. The Morgan fingerprint density at radius 2 is 1.89 bits per heavy atom. The lowest BCUT2D eigenvalue weighted by Crippen LogP contribution is -2.37. The molecule has 7 nitrogen and oxygen atoms in total. The molecule has 0 heterocycles. The third kappa shape index (κ3) is 6.03. The Hall–Kier alpha value is -3.00. The average molecular weight is 390 g/mol. The fourth-order valence-corrected chi connectivity index (χ4v) is 3.16. The molecule has 0 spiro atoms. The lowest BCUT2D eigenvalue weighted by Gasteiger charge is -2.22. The Labute approximate surface area is 159 Å². The number of anilines is 2. The maximum absolute atomic E-state index is 12.4. The van der Waals surface area contributed by atoms with Crippen molar-refractivity contribution in [2.75, 3.05) is 36.1 Å². The molecule has 0 radical (unpaired) electrons. The predicted molar refractivity (Wildman–Crippen MR) is 106 cm³/mol. The monoisotopic (exact) mass is 390 g/mol. The van der Waals surface area contributed by atoms with Crippen molar-refractivity contribution >= 4 is 27.3 Å². The van der Waals surface area contributed by atoms with Crippen molar-refractivity contribution in [2.45, 2.75) is 0 Å². The van der Waals surface area contributed by atoms with E-state index < -0.39 is 15.9 Å². The zero-order valence-electron chi connectivity index (χ0n) is 15.2. The van der Waals surface area contributed by atoms with Crippen LogP contribution in [-0.4, -0.2) is 40.8 Å². The Kier molecular flexibility index (Phi) is 6.84. The van der Waals surface area contributed by atoms with E-state index >= 15 is 0 Å². The third-order valence-corrected chi connectivity index (χ3v) is 4.66.